The van der Waals surface area contributed by atoms with E-state index in [2.05, 4.69) is 35.3 Å². The van der Waals surface area contributed by atoms with Crippen LogP contribution in [0.15, 0.2) is 96.6 Å². The van der Waals surface area contributed by atoms with Gasteiger partial charge in [0, 0.05) is 43.0 Å². The smallest absolute Gasteiger partial charge is 0.303 e. The van der Waals surface area contributed by atoms with Crippen LogP contribution in [0.25, 0.3) is 22.3 Å². The van der Waals surface area contributed by atoms with Crippen molar-refractivity contribution in [1.29, 1.82) is 0 Å². The number of hydrogen-bond acceptors (Lipinski definition) is 5. The van der Waals surface area contributed by atoms with E-state index in [0.29, 0.717) is 48.2 Å². The van der Waals surface area contributed by atoms with E-state index in [1.54, 1.807) is 18.2 Å². The molecule has 2 aliphatic rings. The van der Waals surface area contributed by atoms with Crippen molar-refractivity contribution in [2.24, 2.45) is 11.8 Å². The average Bonchev–Trinajstić information content (AvgIpc) is 3.05. The Balaban J connectivity index is 1.25. The number of fused-ring (bicyclic) bond motifs is 1. The van der Waals surface area contributed by atoms with Crippen LogP contribution in [0.2, 0.25) is 0 Å². The van der Waals surface area contributed by atoms with Crippen LogP contribution >= 0.6 is 0 Å². The van der Waals surface area contributed by atoms with Crippen LogP contribution in [-0.2, 0) is 11.2 Å². The monoisotopic (exact) mass is 590 g/mol. The lowest BCUT2D eigenvalue weighted by Crippen LogP contribution is -2.48. The third-order valence-electron chi connectivity index (χ3n) is 8.57. The SMILES string of the molecule is CC1C=CC(CCc2nc3cc(C(=O)N4CCN(c5ccccc5)CC4)ccc3nc2-c2ccc(F)cc2)=CC1CC(=O)O. The summed E-state index contributed by atoms with van der Waals surface area (Å²) in [5.74, 6) is -1.07. The zero-order chi connectivity index (χ0) is 30.6. The van der Waals surface area contributed by atoms with Crippen molar-refractivity contribution in [3.05, 3.63) is 114 Å². The second-order valence-electron chi connectivity index (χ2n) is 11.6. The van der Waals surface area contributed by atoms with Gasteiger partial charge in [-0.3, -0.25) is 9.59 Å². The van der Waals surface area contributed by atoms with E-state index < -0.39 is 5.97 Å². The molecule has 0 spiro atoms. The van der Waals surface area contributed by atoms with Gasteiger partial charge in [-0.1, -0.05) is 48.9 Å². The molecule has 1 aromatic heterocycles. The maximum atomic E-state index is 13.8. The Labute approximate surface area is 256 Å². The van der Waals surface area contributed by atoms with Crippen LogP contribution in [0.4, 0.5) is 10.1 Å². The number of carboxylic acid groups (broad SMARTS) is 1. The lowest BCUT2D eigenvalue weighted by Gasteiger charge is -2.36. The first kappa shape index (κ1) is 29.2. The van der Waals surface area contributed by atoms with Crippen LogP contribution in [0, 0.1) is 17.7 Å². The summed E-state index contributed by atoms with van der Waals surface area (Å²) in [6.07, 6.45) is 7.47. The summed E-state index contributed by atoms with van der Waals surface area (Å²) in [5, 5.41) is 9.34. The van der Waals surface area contributed by atoms with Gasteiger partial charge < -0.3 is 14.9 Å². The number of nitrogens with zero attached hydrogens (tertiary/aromatic N) is 4. The Hall–Kier alpha value is -4.85. The van der Waals surface area contributed by atoms with Gasteiger partial charge in [-0.15, -0.1) is 0 Å². The molecule has 2 atom stereocenters. The minimum atomic E-state index is -0.810. The predicted molar refractivity (Wildman–Crippen MR) is 170 cm³/mol. The Morgan fingerprint density at radius 3 is 2.39 bits per heavy atom. The fourth-order valence-electron chi connectivity index (χ4n) is 6.00. The van der Waals surface area contributed by atoms with Gasteiger partial charge in [-0.2, -0.15) is 0 Å². The molecule has 6 rings (SSSR count). The minimum Gasteiger partial charge on any atom is -0.481 e. The molecule has 2 heterocycles. The molecule has 1 saturated heterocycles. The predicted octanol–water partition coefficient (Wildman–Crippen LogP) is 6.55. The quantitative estimate of drug-likeness (QED) is 0.250. The van der Waals surface area contributed by atoms with Gasteiger partial charge >= 0.3 is 5.97 Å². The Kier molecular flexibility index (Phi) is 8.50. The van der Waals surface area contributed by atoms with E-state index >= 15 is 0 Å². The summed E-state index contributed by atoms with van der Waals surface area (Å²) in [7, 11) is 0. The van der Waals surface area contributed by atoms with Gasteiger partial charge in [0.05, 0.1) is 28.8 Å². The van der Waals surface area contributed by atoms with Crippen LogP contribution in [-0.4, -0.2) is 58.0 Å². The zero-order valence-electron chi connectivity index (χ0n) is 24.7. The highest BCUT2D eigenvalue weighted by atomic mass is 19.1. The maximum Gasteiger partial charge on any atom is 0.303 e. The third kappa shape index (κ3) is 6.54. The molecule has 3 aromatic carbocycles. The number of hydrogen-bond donors (Lipinski definition) is 1. The number of allylic oxidation sites excluding steroid dienone is 4. The molecular formula is C36H35FN4O3. The number of para-hydroxylation sites is 1. The van der Waals surface area contributed by atoms with Gasteiger partial charge in [0.2, 0.25) is 0 Å². The summed E-state index contributed by atoms with van der Waals surface area (Å²) in [6, 6.07) is 21.9. The van der Waals surface area contributed by atoms with Crippen molar-refractivity contribution in [2.75, 3.05) is 31.1 Å². The summed E-state index contributed by atoms with van der Waals surface area (Å²) in [5.41, 5.74) is 6.26. The van der Waals surface area contributed by atoms with E-state index in [1.807, 2.05) is 42.2 Å². The number of piperazine rings is 1. The van der Waals surface area contributed by atoms with E-state index in [-0.39, 0.29) is 30.0 Å². The number of anilines is 1. The summed E-state index contributed by atoms with van der Waals surface area (Å²) >= 11 is 0. The Morgan fingerprint density at radius 2 is 1.66 bits per heavy atom. The lowest BCUT2D eigenvalue weighted by atomic mass is 9.83. The highest BCUT2D eigenvalue weighted by Gasteiger charge is 2.24. The number of carbonyl (C=O) groups excluding carboxylic acids is 1. The fourth-order valence-corrected chi connectivity index (χ4v) is 6.00. The van der Waals surface area contributed by atoms with Crippen LogP contribution in [0.3, 0.4) is 0 Å². The number of rotatable bonds is 8. The minimum absolute atomic E-state index is 0.0262. The average molecular weight is 591 g/mol. The molecule has 1 aliphatic carbocycles. The van der Waals surface area contributed by atoms with Gasteiger partial charge in [-0.05, 0) is 79.3 Å². The molecule has 44 heavy (non-hydrogen) atoms. The molecular weight excluding hydrogens is 555 g/mol. The van der Waals surface area contributed by atoms with Crippen molar-refractivity contribution in [3.63, 3.8) is 0 Å². The van der Waals surface area contributed by atoms with E-state index in [4.69, 9.17) is 9.97 Å². The van der Waals surface area contributed by atoms with Crippen molar-refractivity contribution < 1.29 is 19.1 Å². The largest absolute Gasteiger partial charge is 0.481 e. The normalized spacial score (nSPS) is 18.4. The molecule has 4 aromatic rings. The number of halogens is 1. The number of aliphatic carboxylic acids is 1. The second kappa shape index (κ2) is 12.8. The Bertz CT molecular complexity index is 1730. The molecule has 1 amide bonds. The Morgan fingerprint density at radius 1 is 0.909 bits per heavy atom. The number of carboxylic acids is 1. The second-order valence-corrected chi connectivity index (χ2v) is 11.6. The van der Waals surface area contributed by atoms with Crippen LogP contribution in [0.1, 0.15) is 35.8 Å². The molecule has 0 saturated carbocycles. The fraction of sp³-hybridized carbons (Fsp3) is 0.278. The van der Waals surface area contributed by atoms with Crippen molar-refractivity contribution >= 4 is 28.6 Å². The highest BCUT2D eigenvalue weighted by Crippen LogP contribution is 2.30. The molecule has 1 aliphatic heterocycles. The number of benzene rings is 3. The first-order valence-electron chi connectivity index (χ1n) is 15.1. The summed E-state index contributed by atoms with van der Waals surface area (Å²) < 4.78 is 13.8. The zero-order valence-corrected chi connectivity index (χ0v) is 24.7. The molecule has 0 radical (unpaired) electrons. The van der Waals surface area contributed by atoms with Crippen LogP contribution < -0.4 is 4.90 Å². The van der Waals surface area contributed by atoms with Crippen molar-refractivity contribution in [2.45, 2.75) is 26.2 Å². The molecule has 2 unspecified atom stereocenters. The van der Waals surface area contributed by atoms with E-state index in [0.717, 1.165) is 35.6 Å². The molecule has 8 heteroatoms. The van der Waals surface area contributed by atoms with Gasteiger partial charge in [0.15, 0.2) is 0 Å². The molecule has 7 nitrogen and oxygen atoms in total. The number of aromatic nitrogens is 2. The molecule has 224 valence electrons. The third-order valence-corrected chi connectivity index (χ3v) is 8.57. The first-order chi connectivity index (χ1) is 21.3. The van der Waals surface area contributed by atoms with Gasteiger partial charge in [0.25, 0.3) is 5.91 Å². The maximum absolute atomic E-state index is 13.8. The molecule has 1 N–H and O–H groups in total. The lowest BCUT2D eigenvalue weighted by molar-refractivity contribution is -0.138. The van der Waals surface area contributed by atoms with E-state index in [9.17, 15) is 19.1 Å². The molecule has 1 fully saturated rings. The number of carbonyl (C=O) groups is 2. The summed E-state index contributed by atoms with van der Waals surface area (Å²) in [4.78, 5) is 39.0. The van der Waals surface area contributed by atoms with Crippen LogP contribution in [0.5, 0.6) is 0 Å². The van der Waals surface area contributed by atoms with Gasteiger partial charge in [-0.25, -0.2) is 14.4 Å². The van der Waals surface area contributed by atoms with Gasteiger partial charge in [0.1, 0.15) is 5.82 Å². The first-order valence-corrected chi connectivity index (χ1v) is 15.1. The summed E-state index contributed by atoms with van der Waals surface area (Å²) in [6.45, 7) is 4.84. The van der Waals surface area contributed by atoms with Crippen molar-refractivity contribution in [3.8, 4) is 11.3 Å². The highest BCUT2D eigenvalue weighted by molar-refractivity contribution is 5.97. The standard InChI is InChI=1S/C36H35FN4O3/c1-24-7-8-25(21-28(24)23-34(42)43)9-15-32-35(26-10-13-29(37)14-11-26)39-31-16-12-27(22-33(31)38-32)36(44)41-19-17-40(18-20-41)30-5-3-2-4-6-30/h2-8,10-14,16,21-22,24,28H,9,15,17-20,23H2,1H3,(H,42,43). The van der Waals surface area contributed by atoms with E-state index in [1.165, 1.54) is 12.1 Å². The molecule has 0 bridgehead atoms. The number of aryl methyl sites for hydroxylation is 1. The number of amides is 1. The van der Waals surface area contributed by atoms with Crippen molar-refractivity contribution in [1.82, 2.24) is 14.9 Å². The topological polar surface area (TPSA) is 86.6 Å².